The monoisotopic (exact) mass is 436 g/mol. The van der Waals surface area contributed by atoms with E-state index in [4.69, 9.17) is 5.11 Å². The Labute approximate surface area is 184 Å². The summed E-state index contributed by atoms with van der Waals surface area (Å²) >= 11 is 0. The van der Waals surface area contributed by atoms with Crippen LogP contribution in [0.15, 0.2) is 24.3 Å². The number of carboxylic acids is 1. The lowest BCUT2D eigenvalue weighted by atomic mass is 10.1. The summed E-state index contributed by atoms with van der Waals surface area (Å²) < 4.78 is 0. The van der Waals surface area contributed by atoms with E-state index >= 15 is 0 Å². The number of carboxylic acid groups (broad SMARTS) is 1. The molecule has 2 atom stereocenters. The number of carbonyl (C=O) groups excluding carboxylic acids is 1. The van der Waals surface area contributed by atoms with Crippen LogP contribution in [0.3, 0.4) is 0 Å². The van der Waals surface area contributed by atoms with Crippen LogP contribution in [-0.2, 0) is 11.3 Å². The van der Waals surface area contributed by atoms with E-state index < -0.39 is 18.4 Å². The second-order valence-electron chi connectivity index (χ2n) is 8.35. The van der Waals surface area contributed by atoms with Crippen molar-refractivity contribution in [2.45, 2.75) is 32.6 Å². The lowest BCUT2D eigenvalue weighted by Gasteiger charge is -2.27. The molecule has 1 aliphatic rings. The number of amides is 1. The fraction of sp³-hybridized carbons (Fsp3) is 0.636. The van der Waals surface area contributed by atoms with E-state index in [0.717, 1.165) is 51.4 Å². The maximum absolute atomic E-state index is 12.0. The minimum Gasteiger partial charge on any atom is -0.480 e. The molecule has 0 spiro atoms. The van der Waals surface area contributed by atoms with Gasteiger partial charge in [0.05, 0.1) is 12.2 Å². The van der Waals surface area contributed by atoms with Crippen molar-refractivity contribution in [1.82, 2.24) is 20.0 Å². The standard InChI is InChI=1S/C22H36N4O5/c1-17(27)14-24-7-8-25(15-18(2)28)10-12-26(11-9-24)16-19-3-5-20(6-4-19)22(31)23-13-21(29)30/h3-6,17-18,27-28H,7-16H2,1-2H3,(H,23,31)(H,29,30)/t17-,18-/m0/s1. The molecule has 0 aromatic heterocycles. The molecule has 0 aliphatic carbocycles. The second kappa shape index (κ2) is 12.7. The molecule has 9 heteroatoms. The summed E-state index contributed by atoms with van der Waals surface area (Å²) in [6.45, 7) is 10.3. The number of benzene rings is 1. The van der Waals surface area contributed by atoms with Crippen LogP contribution in [0.5, 0.6) is 0 Å². The van der Waals surface area contributed by atoms with Crippen molar-refractivity contribution in [1.29, 1.82) is 0 Å². The number of β-amino-alcohol motifs (C(OH)–C–C–N with tert-alkyl or cyclic N) is 2. The number of carbonyl (C=O) groups is 2. The molecule has 0 saturated carbocycles. The lowest BCUT2D eigenvalue weighted by Crippen LogP contribution is -2.41. The summed E-state index contributed by atoms with van der Waals surface area (Å²) in [6, 6.07) is 7.21. The second-order valence-corrected chi connectivity index (χ2v) is 8.35. The van der Waals surface area contributed by atoms with Crippen LogP contribution < -0.4 is 5.32 Å². The average molecular weight is 437 g/mol. The molecule has 1 aromatic carbocycles. The summed E-state index contributed by atoms with van der Waals surface area (Å²) in [5.74, 6) is -1.48. The Morgan fingerprint density at radius 1 is 0.871 bits per heavy atom. The van der Waals surface area contributed by atoms with Gasteiger partial charge in [0.2, 0.25) is 0 Å². The van der Waals surface area contributed by atoms with Crippen LogP contribution in [0.4, 0.5) is 0 Å². The number of rotatable bonds is 9. The zero-order chi connectivity index (χ0) is 22.8. The maximum Gasteiger partial charge on any atom is 0.322 e. The molecule has 1 aromatic rings. The van der Waals surface area contributed by atoms with Gasteiger partial charge < -0.3 is 20.6 Å². The first-order valence-corrected chi connectivity index (χ1v) is 10.8. The van der Waals surface area contributed by atoms with Gasteiger partial charge in [-0.05, 0) is 31.5 Å². The van der Waals surface area contributed by atoms with E-state index in [1.54, 1.807) is 26.0 Å². The van der Waals surface area contributed by atoms with Crippen molar-refractivity contribution < 1.29 is 24.9 Å². The zero-order valence-electron chi connectivity index (χ0n) is 18.5. The fourth-order valence-electron chi connectivity index (χ4n) is 3.73. The highest BCUT2D eigenvalue weighted by Gasteiger charge is 2.18. The maximum atomic E-state index is 12.0. The number of hydrogen-bond acceptors (Lipinski definition) is 7. The predicted molar refractivity (Wildman–Crippen MR) is 118 cm³/mol. The summed E-state index contributed by atoms with van der Waals surface area (Å²) in [6.07, 6.45) is -0.779. The molecule has 0 unspecified atom stereocenters. The Hall–Kier alpha value is -2.04. The number of aliphatic hydroxyl groups excluding tert-OH is 2. The van der Waals surface area contributed by atoms with Gasteiger partial charge in [-0.25, -0.2) is 0 Å². The Morgan fingerprint density at radius 3 is 1.74 bits per heavy atom. The van der Waals surface area contributed by atoms with Crippen molar-refractivity contribution in [3.63, 3.8) is 0 Å². The quantitative estimate of drug-likeness (QED) is 0.416. The summed E-state index contributed by atoms with van der Waals surface area (Å²) in [5.41, 5.74) is 1.50. The average Bonchev–Trinajstić information content (AvgIpc) is 2.78. The van der Waals surface area contributed by atoms with Gasteiger partial charge in [-0.15, -0.1) is 0 Å². The van der Waals surface area contributed by atoms with Crippen molar-refractivity contribution in [2.24, 2.45) is 0 Å². The molecule has 1 aliphatic heterocycles. The molecule has 1 saturated heterocycles. The number of nitrogens with zero attached hydrogens (tertiary/aromatic N) is 3. The molecule has 1 fully saturated rings. The highest BCUT2D eigenvalue weighted by atomic mass is 16.4. The highest BCUT2D eigenvalue weighted by molar-refractivity contribution is 5.95. The van der Waals surface area contributed by atoms with Crippen molar-refractivity contribution in [3.05, 3.63) is 35.4 Å². The van der Waals surface area contributed by atoms with Crippen LogP contribution in [0.2, 0.25) is 0 Å². The van der Waals surface area contributed by atoms with Gasteiger partial charge in [-0.3, -0.25) is 24.3 Å². The van der Waals surface area contributed by atoms with Gasteiger partial charge in [-0.2, -0.15) is 0 Å². The zero-order valence-corrected chi connectivity index (χ0v) is 18.5. The fourth-order valence-corrected chi connectivity index (χ4v) is 3.73. The summed E-state index contributed by atoms with van der Waals surface area (Å²) in [4.78, 5) is 29.4. The molecular formula is C22H36N4O5. The Kier molecular flexibility index (Phi) is 10.4. The molecule has 174 valence electrons. The molecule has 31 heavy (non-hydrogen) atoms. The SMILES string of the molecule is C[C@H](O)CN1CCN(Cc2ccc(C(=O)NCC(=O)O)cc2)CCN(C[C@H](C)O)CC1. The first-order chi connectivity index (χ1) is 14.7. The van der Waals surface area contributed by atoms with Gasteiger partial charge in [-0.1, -0.05) is 12.1 Å². The van der Waals surface area contributed by atoms with E-state index in [9.17, 15) is 19.8 Å². The van der Waals surface area contributed by atoms with Crippen LogP contribution in [0.1, 0.15) is 29.8 Å². The summed E-state index contributed by atoms with van der Waals surface area (Å²) in [5, 5.41) is 30.7. The molecule has 1 amide bonds. The number of aliphatic carboxylic acids is 1. The van der Waals surface area contributed by atoms with Gasteiger partial charge >= 0.3 is 5.97 Å². The Bertz CT molecular complexity index is 674. The molecule has 2 rings (SSSR count). The molecule has 0 bridgehead atoms. The number of aliphatic hydroxyl groups is 2. The van der Waals surface area contributed by atoms with Gasteiger partial charge in [0.15, 0.2) is 0 Å². The molecule has 9 nitrogen and oxygen atoms in total. The van der Waals surface area contributed by atoms with Gasteiger partial charge in [0, 0.05) is 64.5 Å². The minimum atomic E-state index is -1.08. The third-order valence-corrected chi connectivity index (χ3v) is 5.26. The van der Waals surface area contributed by atoms with E-state index in [1.165, 1.54) is 0 Å². The lowest BCUT2D eigenvalue weighted by molar-refractivity contribution is -0.135. The topological polar surface area (TPSA) is 117 Å². The largest absolute Gasteiger partial charge is 0.480 e. The van der Waals surface area contributed by atoms with Crippen LogP contribution in [0.25, 0.3) is 0 Å². The summed E-state index contributed by atoms with van der Waals surface area (Å²) in [7, 11) is 0. The van der Waals surface area contributed by atoms with E-state index in [0.29, 0.717) is 18.7 Å². The van der Waals surface area contributed by atoms with Crippen molar-refractivity contribution in [2.75, 3.05) is 58.9 Å². The highest BCUT2D eigenvalue weighted by Crippen LogP contribution is 2.10. The first-order valence-electron chi connectivity index (χ1n) is 10.8. The third kappa shape index (κ3) is 9.75. The Morgan fingerprint density at radius 2 is 1.32 bits per heavy atom. The minimum absolute atomic E-state index is 0.390. The predicted octanol–water partition coefficient (Wildman–Crippen LogP) is -0.318. The number of hydrogen-bond donors (Lipinski definition) is 4. The van der Waals surface area contributed by atoms with E-state index in [1.807, 2.05) is 12.1 Å². The van der Waals surface area contributed by atoms with Crippen LogP contribution >= 0.6 is 0 Å². The van der Waals surface area contributed by atoms with Crippen molar-refractivity contribution >= 4 is 11.9 Å². The van der Waals surface area contributed by atoms with Gasteiger partial charge in [0.1, 0.15) is 6.54 Å². The smallest absolute Gasteiger partial charge is 0.322 e. The first kappa shape index (κ1) is 25.2. The van der Waals surface area contributed by atoms with Crippen molar-refractivity contribution in [3.8, 4) is 0 Å². The normalized spacial score (nSPS) is 19.1. The van der Waals surface area contributed by atoms with E-state index in [-0.39, 0.29) is 12.2 Å². The number of nitrogens with one attached hydrogen (secondary N) is 1. The molecule has 1 heterocycles. The molecule has 0 radical (unpaired) electrons. The van der Waals surface area contributed by atoms with E-state index in [2.05, 4.69) is 20.0 Å². The Balaban J connectivity index is 2.00. The van der Waals surface area contributed by atoms with Gasteiger partial charge in [0.25, 0.3) is 5.91 Å². The molecule has 4 N–H and O–H groups in total. The van der Waals surface area contributed by atoms with Crippen LogP contribution in [-0.4, -0.2) is 113 Å². The molecular weight excluding hydrogens is 400 g/mol. The van der Waals surface area contributed by atoms with Crippen LogP contribution in [0, 0.1) is 0 Å². The third-order valence-electron chi connectivity index (χ3n) is 5.26.